The van der Waals surface area contributed by atoms with Gasteiger partial charge in [0.25, 0.3) is 0 Å². The number of nitrogens with zero attached hydrogens (tertiary/aromatic N) is 3. The van der Waals surface area contributed by atoms with Gasteiger partial charge in [0.2, 0.25) is 0 Å². The van der Waals surface area contributed by atoms with E-state index in [1.807, 2.05) is 55.5 Å². The molecule has 1 heterocycles. The lowest BCUT2D eigenvalue weighted by Gasteiger charge is -2.18. The van der Waals surface area contributed by atoms with Crippen LogP contribution in [0.15, 0.2) is 61.2 Å². The maximum atomic E-state index is 10.1. The summed E-state index contributed by atoms with van der Waals surface area (Å²) in [4.78, 5) is 3.95. The molecule has 0 amide bonds. The van der Waals surface area contributed by atoms with Crippen molar-refractivity contribution in [1.29, 1.82) is 0 Å². The average Bonchev–Trinajstić information content (AvgIpc) is 3.19. The molecular formula is C20H24N4O2. The molecule has 26 heavy (non-hydrogen) atoms. The SMILES string of the molecule is Cc1cccc(OCC(O)CNC(C)c2ccc(-n3cncn3)cc2)c1. The number of hydrogen-bond acceptors (Lipinski definition) is 5. The third kappa shape index (κ3) is 4.91. The summed E-state index contributed by atoms with van der Waals surface area (Å²) in [6.45, 7) is 4.80. The Balaban J connectivity index is 1.46. The van der Waals surface area contributed by atoms with Crippen LogP contribution in [0.25, 0.3) is 5.69 Å². The molecule has 0 radical (unpaired) electrons. The lowest BCUT2D eigenvalue weighted by Crippen LogP contribution is -2.33. The zero-order valence-electron chi connectivity index (χ0n) is 15.0. The lowest BCUT2D eigenvalue weighted by atomic mass is 10.1. The predicted octanol–water partition coefficient (Wildman–Crippen LogP) is 2.67. The Morgan fingerprint density at radius 1 is 1.19 bits per heavy atom. The summed E-state index contributed by atoms with van der Waals surface area (Å²) in [5, 5.41) is 17.6. The number of ether oxygens (including phenoxy) is 1. The summed E-state index contributed by atoms with van der Waals surface area (Å²) in [5.74, 6) is 0.779. The summed E-state index contributed by atoms with van der Waals surface area (Å²) in [6, 6.07) is 16.0. The second kappa shape index (κ2) is 8.60. The smallest absolute Gasteiger partial charge is 0.138 e. The molecule has 3 rings (SSSR count). The minimum Gasteiger partial charge on any atom is -0.491 e. The Morgan fingerprint density at radius 3 is 2.69 bits per heavy atom. The van der Waals surface area contributed by atoms with Crippen molar-refractivity contribution < 1.29 is 9.84 Å². The van der Waals surface area contributed by atoms with Gasteiger partial charge in [-0.05, 0) is 49.2 Å². The van der Waals surface area contributed by atoms with E-state index in [9.17, 15) is 5.11 Å². The highest BCUT2D eigenvalue weighted by atomic mass is 16.5. The Labute approximate surface area is 153 Å². The standard InChI is InChI=1S/C20H24N4O2/c1-15-4-3-5-20(10-15)26-12-19(25)11-22-16(2)17-6-8-18(9-7-17)24-14-21-13-23-24/h3-10,13-14,16,19,22,25H,11-12H2,1-2H3. The van der Waals surface area contributed by atoms with Crippen molar-refractivity contribution in [3.8, 4) is 11.4 Å². The Bertz CT molecular complexity index is 803. The normalized spacial score (nSPS) is 13.3. The van der Waals surface area contributed by atoms with Crippen molar-refractivity contribution in [2.45, 2.75) is 26.0 Å². The first-order valence-electron chi connectivity index (χ1n) is 8.67. The molecule has 6 nitrogen and oxygen atoms in total. The molecule has 2 unspecified atom stereocenters. The van der Waals surface area contributed by atoms with Gasteiger partial charge >= 0.3 is 0 Å². The van der Waals surface area contributed by atoms with Crippen LogP contribution in [-0.4, -0.2) is 39.1 Å². The third-order valence-electron chi connectivity index (χ3n) is 4.17. The molecule has 2 aromatic carbocycles. The number of nitrogens with one attached hydrogen (secondary N) is 1. The quantitative estimate of drug-likeness (QED) is 0.652. The fourth-order valence-electron chi connectivity index (χ4n) is 2.64. The number of aromatic nitrogens is 3. The monoisotopic (exact) mass is 352 g/mol. The molecule has 0 fully saturated rings. The first-order valence-corrected chi connectivity index (χ1v) is 8.67. The molecule has 0 aliphatic heterocycles. The zero-order valence-corrected chi connectivity index (χ0v) is 15.0. The van der Waals surface area contributed by atoms with Gasteiger partial charge in [-0.15, -0.1) is 0 Å². The van der Waals surface area contributed by atoms with Crippen LogP contribution in [0.4, 0.5) is 0 Å². The molecule has 6 heteroatoms. The third-order valence-corrected chi connectivity index (χ3v) is 4.17. The largest absolute Gasteiger partial charge is 0.491 e. The van der Waals surface area contributed by atoms with E-state index in [2.05, 4.69) is 22.3 Å². The van der Waals surface area contributed by atoms with Crippen LogP contribution in [-0.2, 0) is 0 Å². The van der Waals surface area contributed by atoms with Crippen LogP contribution < -0.4 is 10.1 Å². The summed E-state index contributed by atoms with van der Waals surface area (Å²) < 4.78 is 7.35. The fraction of sp³-hybridized carbons (Fsp3) is 0.300. The highest BCUT2D eigenvalue weighted by Crippen LogP contribution is 2.15. The topological polar surface area (TPSA) is 72.2 Å². The predicted molar refractivity (Wildman–Crippen MR) is 100 cm³/mol. The highest BCUT2D eigenvalue weighted by Gasteiger charge is 2.10. The van der Waals surface area contributed by atoms with Gasteiger partial charge in [-0.3, -0.25) is 0 Å². The lowest BCUT2D eigenvalue weighted by molar-refractivity contribution is 0.104. The Morgan fingerprint density at radius 2 is 2.00 bits per heavy atom. The summed E-state index contributed by atoms with van der Waals surface area (Å²) in [5.41, 5.74) is 3.24. The maximum absolute atomic E-state index is 10.1. The van der Waals surface area contributed by atoms with Crippen LogP contribution in [0.3, 0.4) is 0 Å². The molecule has 0 saturated carbocycles. The van der Waals surface area contributed by atoms with Crippen LogP contribution in [0, 0.1) is 6.92 Å². The van der Waals surface area contributed by atoms with Gasteiger partial charge in [0, 0.05) is 12.6 Å². The summed E-state index contributed by atoms with van der Waals surface area (Å²) >= 11 is 0. The Hall–Kier alpha value is -2.70. The van der Waals surface area contributed by atoms with Crippen LogP contribution in [0.1, 0.15) is 24.1 Å². The van der Waals surface area contributed by atoms with E-state index in [1.54, 1.807) is 11.0 Å². The summed E-state index contributed by atoms with van der Waals surface area (Å²) in [6.07, 6.45) is 2.60. The van der Waals surface area contributed by atoms with Gasteiger partial charge in [-0.1, -0.05) is 24.3 Å². The van der Waals surface area contributed by atoms with E-state index in [-0.39, 0.29) is 12.6 Å². The molecule has 0 spiro atoms. The number of hydrogen-bond donors (Lipinski definition) is 2. The van der Waals surface area contributed by atoms with Crippen molar-refractivity contribution in [2.24, 2.45) is 0 Å². The summed E-state index contributed by atoms with van der Waals surface area (Å²) in [7, 11) is 0. The molecule has 0 bridgehead atoms. The zero-order chi connectivity index (χ0) is 18.4. The molecule has 2 N–H and O–H groups in total. The fourth-order valence-corrected chi connectivity index (χ4v) is 2.64. The maximum Gasteiger partial charge on any atom is 0.138 e. The van der Waals surface area contributed by atoms with E-state index in [0.29, 0.717) is 6.54 Å². The first-order chi connectivity index (χ1) is 12.6. The first kappa shape index (κ1) is 18.1. The van der Waals surface area contributed by atoms with Gasteiger partial charge in [0.1, 0.15) is 31.1 Å². The van der Waals surface area contributed by atoms with Crippen LogP contribution >= 0.6 is 0 Å². The molecular weight excluding hydrogens is 328 g/mol. The van der Waals surface area contributed by atoms with Crippen molar-refractivity contribution >= 4 is 0 Å². The van der Waals surface area contributed by atoms with E-state index in [4.69, 9.17) is 4.74 Å². The van der Waals surface area contributed by atoms with E-state index in [0.717, 1.165) is 22.6 Å². The van der Waals surface area contributed by atoms with Gasteiger partial charge in [-0.25, -0.2) is 9.67 Å². The average molecular weight is 352 g/mol. The van der Waals surface area contributed by atoms with Crippen molar-refractivity contribution in [3.63, 3.8) is 0 Å². The number of aliphatic hydroxyl groups is 1. The van der Waals surface area contributed by atoms with E-state index >= 15 is 0 Å². The molecule has 2 atom stereocenters. The molecule has 0 aliphatic rings. The van der Waals surface area contributed by atoms with Gasteiger partial charge < -0.3 is 15.2 Å². The minimum atomic E-state index is -0.576. The number of rotatable bonds is 8. The van der Waals surface area contributed by atoms with E-state index < -0.39 is 6.10 Å². The van der Waals surface area contributed by atoms with Gasteiger partial charge in [-0.2, -0.15) is 5.10 Å². The Kier molecular flexibility index (Phi) is 5.99. The van der Waals surface area contributed by atoms with Crippen LogP contribution in [0.2, 0.25) is 0 Å². The molecule has 0 saturated heterocycles. The van der Waals surface area contributed by atoms with Gasteiger partial charge in [0.15, 0.2) is 0 Å². The second-order valence-corrected chi connectivity index (χ2v) is 6.34. The minimum absolute atomic E-state index is 0.119. The van der Waals surface area contributed by atoms with Crippen molar-refractivity contribution in [2.75, 3.05) is 13.2 Å². The number of aryl methyl sites for hydroxylation is 1. The van der Waals surface area contributed by atoms with Gasteiger partial charge in [0.05, 0.1) is 5.69 Å². The van der Waals surface area contributed by atoms with Crippen molar-refractivity contribution in [1.82, 2.24) is 20.1 Å². The molecule has 3 aromatic rings. The molecule has 1 aromatic heterocycles. The molecule has 136 valence electrons. The number of aliphatic hydroxyl groups excluding tert-OH is 1. The molecule has 0 aliphatic carbocycles. The van der Waals surface area contributed by atoms with Crippen molar-refractivity contribution in [3.05, 3.63) is 72.3 Å². The van der Waals surface area contributed by atoms with Crippen LogP contribution in [0.5, 0.6) is 5.75 Å². The highest BCUT2D eigenvalue weighted by molar-refractivity contribution is 5.34. The second-order valence-electron chi connectivity index (χ2n) is 6.34. The van der Waals surface area contributed by atoms with E-state index in [1.165, 1.54) is 6.33 Å². The number of benzene rings is 2.